The molecule has 1 saturated heterocycles. The van der Waals surface area contributed by atoms with Gasteiger partial charge in [0.25, 0.3) is 0 Å². The van der Waals surface area contributed by atoms with E-state index in [4.69, 9.17) is 0 Å². The average Bonchev–Trinajstić information content (AvgIpc) is 3.24. The van der Waals surface area contributed by atoms with Crippen molar-refractivity contribution in [1.82, 2.24) is 20.5 Å². The van der Waals surface area contributed by atoms with Crippen LogP contribution in [0.25, 0.3) is 11.4 Å². The van der Waals surface area contributed by atoms with Crippen LogP contribution < -0.4 is 10.6 Å². The van der Waals surface area contributed by atoms with Crippen molar-refractivity contribution in [2.24, 2.45) is 5.92 Å². The van der Waals surface area contributed by atoms with E-state index in [0.29, 0.717) is 24.1 Å². The largest absolute Gasteiger partial charge is 0.316 e. The SMILES string of the molecule is CC(C)(C)c1ccc(-c2nc(NC(=O)CCC3CCNC3)n[nH]2)cc1. The molecule has 2 heterocycles. The zero-order chi connectivity index (χ0) is 17.9. The van der Waals surface area contributed by atoms with E-state index in [2.05, 4.69) is 58.7 Å². The predicted molar refractivity (Wildman–Crippen MR) is 99.4 cm³/mol. The Morgan fingerprint density at radius 3 is 2.68 bits per heavy atom. The standard InChI is InChI=1S/C19H27N5O/c1-19(2,3)15-7-5-14(6-8-15)17-22-18(24-23-17)21-16(25)9-4-13-10-11-20-12-13/h5-8,13,20H,4,9-12H2,1-3H3,(H2,21,22,23,24,25). The smallest absolute Gasteiger partial charge is 0.249 e. The summed E-state index contributed by atoms with van der Waals surface area (Å²) >= 11 is 0. The molecule has 3 rings (SSSR count). The zero-order valence-corrected chi connectivity index (χ0v) is 15.2. The number of carbonyl (C=O) groups is 1. The van der Waals surface area contributed by atoms with Gasteiger partial charge in [0.05, 0.1) is 0 Å². The summed E-state index contributed by atoms with van der Waals surface area (Å²) in [7, 11) is 0. The Balaban J connectivity index is 1.57. The first-order valence-corrected chi connectivity index (χ1v) is 8.96. The van der Waals surface area contributed by atoms with Crippen LogP contribution in [-0.2, 0) is 10.2 Å². The molecule has 1 amide bonds. The molecule has 1 aromatic carbocycles. The third-order valence-electron chi connectivity index (χ3n) is 4.70. The molecule has 0 spiro atoms. The first-order valence-electron chi connectivity index (χ1n) is 8.96. The second-order valence-corrected chi connectivity index (χ2v) is 7.78. The van der Waals surface area contributed by atoms with E-state index in [-0.39, 0.29) is 11.3 Å². The number of hydrogen-bond donors (Lipinski definition) is 3. The minimum Gasteiger partial charge on any atom is -0.316 e. The second kappa shape index (κ2) is 7.35. The number of H-pyrrole nitrogens is 1. The van der Waals surface area contributed by atoms with Crippen LogP contribution >= 0.6 is 0 Å². The van der Waals surface area contributed by atoms with Gasteiger partial charge in [-0.2, -0.15) is 4.98 Å². The molecule has 1 aliphatic rings. The molecule has 0 aliphatic carbocycles. The Kier molecular flexibility index (Phi) is 5.18. The maximum Gasteiger partial charge on any atom is 0.249 e. The summed E-state index contributed by atoms with van der Waals surface area (Å²) in [5.74, 6) is 1.58. The molecule has 6 nitrogen and oxygen atoms in total. The molecule has 2 aromatic rings. The fraction of sp³-hybridized carbons (Fsp3) is 0.526. The fourth-order valence-corrected chi connectivity index (χ4v) is 3.06. The second-order valence-electron chi connectivity index (χ2n) is 7.78. The lowest BCUT2D eigenvalue weighted by Crippen LogP contribution is -2.15. The van der Waals surface area contributed by atoms with E-state index in [0.717, 1.165) is 31.5 Å². The van der Waals surface area contributed by atoms with Crippen molar-refractivity contribution in [3.8, 4) is 11.4 Å². The lowest BCUT2D eigenvalue weighted by atomic mass is 9.87. The Bertz CT molecular complexity index is 708. The highest BCUT2D eigenvalue weighted by Crippen LogP contribution is 2.25. The van der Waals surface area contributed by atoms with Gasteiger partial charge in [0.1, 0.15) is 0 Å². The highest BCUT2D eigenvalue weighted by atomic mass is 16.1. The van der Waals surface area contributed by atoms with Gasteiger partial charge in [-0.1, -0.05) is 45.0 Å². The van der Waals surface area contributed by atoms with E-state index in [1.54, 1.807) is 0 Å². The Morgan fingerprint density at radius 1 is 1.28 bits per heavy atom. The number of aromatic amines is 1. The van der Waals surface area contributed by atoms with Crippen LogP contribution in [0.3, 0.4) is 0 Å². The first kappa shape index (κ1) is 17.6. The molecule has 6 heteroatoms. The van der Waals surface area contributed by atoms with Gasteiger partial charge in [0.2, 0.25) is 11.9 Å². The van der Waals surface area contributed by atoms with Crippen LogP contribution in [0.15, 0.2) is 24.3 Å². The molecule has 1 fully saturated rings. The molecule has 1 aliphatic heterocycles. The molecular formula is C19H27N5O. The Labute approximate surface area is 148 Å². The lowest BCUT2D eigenvalue weighted by Gasteiger charge is -2.18. The van der Waals surface area contributed by atoms with E-state index in [1.807, 2.05) is 12.1 Å². The van der Waals surface area contributed by atoms with Crippen LogP contribution in [0.5, 0.6) is 0 Å². The summed E-state index contributed by atoms with van der Waals surface area (Å²) in [6.07, 6.45) is 2.57. The van der Waals surface area contributed by atoms with Crippen molar-refractivity contribution in [1.29, 1.82) is 0 Å². The summed E-state index contributed by atoms with van der Waals surface area (Å²) in [5.41, 5.74) is 2.34. The maximum atomic E-state index is 12.0. The minimum absolute atomic E-state index is 0.0273. The van der Waals surface area contributed by atoms with Crippen LogP contribution in [0, 0.1) is 5.92 Å². The molecule has 1 unspecified atom stereocenters. The fourth-order valence-electron chi connectivity index (χ4n) is 3.06. The van der Waals surface area contributed by atoms with Gasteiger partial charge in [-0.3, -0.25) is 15.2 Å². The number of hydrogen-bond acceptors (Lipinski definition) is 4. The zero-order valence-electron chi connectivity index (χ0n) is 15.2. The van der Waals surface area contributed by atoms with Crippen LogP contribution in [0.4, 0.5) is 5.95 Å². The molecule has 0 saturated carbocycles. The minimum atomic E-state index is -0.0273. The number of rotatable bonds is 5. The molecular weight excluding hydrogens is 314 g/mol. The maximum absolute atomic E-state index is 12.0. The van der Waals surface area contributed by atoms with Crippen molar-refractivity contribution < 1.29 is 4.79 Å². The van der Waals surface area contributed by atoms with Crippen molar-refractivity contribution in [3.63, 3.8) is 0 Å². The molecule has 3 N–H and O–H groups in total. The van der Waals surface area contributed by atoms with Gasteiger partial charge in [0, 0.05) is 12.0 Å². The highest BCUT2D eigenvalue weighted by molar-refractivity contribution is 5.89. The van der Waals surface area contributed by atoms with Gasteiger partial charge in [-0.25, -0.2) is 0 Å². The molecule has 134 valence electrons. The number of carbonyl (C=O) groups excluding carboxylic acids is 1. The summed E-state index contributed by atoms with van der Waals surface area (Å²) in [6, 6.07) is 8.26. The highest BCUT2D eigenvalue weighted by Gasteiger charge is 2.17. The summed E-state index contributed by atoms with van der Waals surface area (Å²) in [4.78, 5) is 16.4. The van der Waals surface area contributed by atoms with Crippen molar-refractivity contribution in [3.05, 3.63) is 29.8 Å². The first-order chi connectivity index (χ1) is 11.9. The quantitative estimate of drug-likeness (QED) is 0.780. The number of nitrogens with zero attached hydrogens (tertiary/aromatic N) is 2. The monoisotopic (exact) mass is 341 g/mol. The predicted octanol–water partition coefficient (Wildman–Crippen LogP) is 3.10. The average molecular weight is 341 g/mol. The normalized spacial score (nSPS) is 17.6. The van der Waals surface area contributed by atoms with Crippen LogP contribution in [0.1, 0.15) is 45.6 Å². The molecule has 25 heavy (non-hydrogen) atoms. The van der Waals surface area contributed by atoms with Crippen LogP contribution in [0.2, 0.25) is 0 Å². The van der Waals surface area contributed by atoms with E-state index in [1.165, 1.54) is 5.56 Å². The van der Waals surface area contributed by atoms with E-state index < -0.39 is 0 Å². The lowest BCUT2D eigenvalue weighted by molar-refractivity contribution is -0.116. The van der Waals surface area contributed by atoms with Crippen LogP contribution in [-0.4, -0.2) is 34.2 Å². The third kappa shape index (κ3) is 4.66. The van der Waals surface area contributed by atoms with Gasteiger partial charge >= 0.3 is 0 Å². The topological polar surface area (TPSA) is 82.7 Å². The summed E-state index contributed by atoms with van der Waals surface area (Å²) in [6.45, 7) is 8.64. The van der Waals surface area contributed by atoms with Gasteiger partial charge in [-0.15, -0.1) is 5.10 Å². The number of aromatic nitrogens is 3. The molecule has 0 radical (unpaired) electrons. The number of nitrogens with one attached hydrogen (secondary N) is 3. The van der Waals surface area contributed by atoms with E-state index >= 15 is 0 Å². The third-order valence-corrected chi connectivity index (χ3v) is 4.70. The van der Waals surface area contributed by atoms with Crippen molar-refractivity contribution >= 4 is 11.9 Å². The van der Waals surface area contributed by atoms with Gasteiger partial charge in [0.15, 0.2) is 5.82 Å². The van der Waals surface area contributed by atoms with Crippen molar-refractivity contribution in [2.45, 2.75) is 45.4 Å². The number of amides is 1. The summed E-state index contributed by atoms with van der Waals surface area (Å²) in [5, 5.41) is 13.1. The number of anilines is 1. The number of benzene rings is 1. The van der Waals surface area contributed by atoms with Gasteiger partial charge < -0.3 is 5.32 Å². The molecule has 1 atom stereocenters. The Morgan fingerprint density at radius 2 is 2.04 bits per heavy atom. The van der Waals surface area contributed by atoms with E-state index in [9.17, 15) is 4.79 Å². The Hall–Kier alpha value is -2.21. The summed E-state index contributed by atoms with van der Waals surface area (Å²) < 4.78 is 0. The van der Waals surface area contributed by atoms with Crippen molar-refractivity contribution in [2.75, 3.05) is 18.4 Å². The molecule has 0 bridgehead atoms. The molecule has 1 aromatic heterocycles. The van der Waals surface area contributed by atoms with Gasteiger partial charge in [-0.05, 0) is 42.8 Å².